The van der Waals surface area contributed by atoms with Crippen molar-refractivity contribution in [2.75, 3.05) is 0 Å². The fourth-order valence-electron chi connectivity index (χ4n) is 3.12. The number of rotatable bonds is 6. The molecule has 21 heavy (non-hydrogen) atoms. The van der Waals surface area contributed by atoms with E-state index in [4.69, 9.17) is 0 Å². The second-order valence-electron chi connectivity index (χ2n) is 6.16. The van der Waals surface area contributed by atoms with Gasteiger partial charge >= 0.3 is 0 Å². The largest absolute Gasteiger partial charge is 0.0651 e. The minimum absolute atomic E-state index is 0.299. The average molecular weight is 298 g/mol. The molecule has 2 aromatic carbocycles. The van der Waals surface area contributed by atoms with Crippen molar-refractivity contribution in [1.29, 1.82) is 0 Å². The summed E-state index contributed by atoms with van der Waals surface area (Å²) in [7, 11) is -0.299. The third-order valence-electron chi connectivity index (χ3n) is 4.28. The van der Waals surface area contributed by atoms with Gasteiger partial charge in [-0.2, -0.15) is 0 Å². The van der Waals surface area contributed by atoms with E-state index in [1.54, 1.807) is 0 Å². The lowest BCUT2D eigenvalue weighted by molar-refractivity contribution is 0.441. The van der Waals surface area contributed by atoms with Crippen LogP contribution in [0, 0.1) is 11.8 Å². The molecule has 0 fully saturated rings. The molecule has 0 nitrogen and oxygen atoms in total. The Morgan fingerprint density at radius 2 is 1.19 bits per heavy atom. The molecule has 0 saturated heterocycles. The normalized spacial score (nSPS) is 14.4. The third kappa shape index (κ3) is 3.95. The van der Waals surface area contributed by atoms with E-state index in [1.807, 2.05) is 0 Å². The molecular weight excluding hydrogens is 271 g/mol. The van der Waals surface area contributed by atoms with Crippen LogP contribution in [-0.4, -0.2) is 5.66 Å². The molecule has 0 aliphatic rings. The van der Waals surface area contributed by atoms with Crippen LogP contribution in [0.25, 0.3) is 0 Å². The van der Waals surface area contributed by atoms with Crippen LogP contribution in [0.4, 0.5) is 0 Å². The van der Waals surface area contributed by atoms with Gasteiger partial charge in [0.1, 0.15) is 0 Å². The first-order valence-electron chi connectivity index (χ1n) is 8.04. The first kappa shape index (κ1) is 16.2. The quantitative estimate of drug-likeness (QED) is 0.644. The highest BCUT2D eigenvalue weighted by Gasteiger charge is 2.30. The summed E-state index contributed by atoms with van der Waals surface area (Å²) in [5.41, 5.74) is 0.731. The van der Waals surface area contributed by atoms with Crippen LogP contribution in [0.1, 0.15) is 34.1 Å². The molecule has 0 N–H and O–H groups in total. The number of hydrogen-bond donors (Lipinski definition) is 0. The molecule has 2 aromatic rings. The van der Waals surface area contributed by atoms with E-state index in [1.165, 1.54) is 17.0 Å². The first-order chi connectivity index (χ1) is 10.1. The van der Waals surface area contributed by atoms with E-state index < -0.39 is 0 Å². The van der Waals surface area contributed by atoms with E-state index in [0.29, 0.717) is 5.92 Å². The zero-order chi connectivity index (χ0) is 15.2. The van der Waals surface area contributed by atoms with Crippen molar-refractivity contribution in [2.45, 2.75) is 39.8 Å². The van der Waals surface area contributed by atoms with Crippen LogP contribution < -0.4 is 10.6 Å². The minimum Gasteiger partial charge on any atom is -0.0651 e. The maximum atomic E-state index is 2.42. The Balaban J connectivity index is 2.49. The van der Waals surface area contributed by atoms with Crippen molar-refractivity contribution in [3.05, 3.63) is 60.7 Å². The Morgan fingerprint density at radius 1 is 0.762 bits per heavy atom. The smallest absolute Gasteiger partial charge is 0.00801 e. The lowest BCUT2D eigenvalue weighted by atomic mass is 9.96. The maximum Gasteiger partial charge on any atom is -0.00801 e. The van der Waals surface area contributed by atoms with Gasteiger partial charge in [-0.15, -0.1) is 0 Å². The van der Waals surface area contributed by atoms with Gasteiger partial charge in [0.25, 0.3) is 0 Å². The highest BCUT2D eigenvalue weighted by atomic mass is 31.1. The van der Waals surface area contributed by atoms with Crippen LogP contribution in [0.5, 0.6) is 0 Å². The van der Waals surface area contributed by atoms with E-state index in [2.05, 4.69) is 88.4 Å². The summed E-state index contributed by atoms with van der Waals surface area (Å²) < 4.78 is 0. The van der Waals surface area contributed by atoms with Gasteiger partial charge < -0.3 is 0 Å². The lowest BCUT2D eigenvalue weighted by Gasteiger charge is -2.35. The molecule has 0 heterocycles. The van der Waals surface area contributed by atoms with Crippen molar-refractivity contribution in [2.24, 2.45) is 11.8 Å². The molecule has 0 aliphatic carbocycles. The summed E-state index contributed by atoms with van der Waals surface area (Å²) in [6, 6.07) is 22.2. The van der Waals surface area contributed by atoms with E-state index in [9.17, 15) is 0 Å². The fourth-order valence-corrected chi connectivity index (χ4v) is 6.41. The predicted molar refractivity (Wildman–Crippen MR) is 97.2 cm³/mol. The minimum atomic E-state index is -0.299. The van der Waals surface area contributed by atoms with Crippen molar-refractivity contribution in [1.82, 2.24) is 0 Å². The van der Waals surface area contributed by atoms with Gasteiger partial charge in [-0.05, 0) is 36.0 Å². The van der Waals surface area contributed by atoms with Crippen LogP contribution in [-0.2, 0) is 0 Å². The molecule has 0 bridgehead atoms. The van der Waals surface area contributed by atoms with Gasteiger partial charge in [-0.25, -0.2) is 0 Å². The number of hydrogen-bond acceptors (Lipinski definition) is 0. The van der Waals surface area contributed by atoms with Crippen LogP contribution in [0.2, 0.25) is 0 Å². The molecule has 2 unspecified atom stereocenters. The summed E-state index contributed by atoms with van der Waals surface area (Å²) in [5, 5.41) is 3.02. The molecule has 2 atom stereocenters. The van der Waals surface area contributed by atoms with Crippen LogP contribution in [0.3, 0.4) is 0 Å². The Kier molecular flexibility index (Phi) is 6.00. The zero-order valence-electron chi connectivity index (χ0n) is 13.7. The molecule has 112 valence electrons. The molecule has 0 amide bonds. The standard InChI is InChI=1S/C20H27P/c1-5-17(4)20(16(2)3)21(18-12-8-6-9-13-18)19-14-10-7-11-15-19/h6-17,20H,5H2,1-4H3. The third-order valence-corrected chi connectivity index (χ3v) is 7.69. The summed E-state index contributed by atoms with van der Waals surface area (Å²) in [6.07, 6.45) is 1.25. The molecule has 0 aromatic heterocycles. The zero-order valence-corrected chi connectivity index (χ0v) is 14.6. The second-order valence-corrected chi connectivity index (χ2v) is 8.53. The molecular formula is C20H27P. The van der Waals surface area contributed by atoms with Crippen molar-refractivity contribution >= 4 is 18.5 Å². The molecule has 0 aliphatic heterocycles. The summed E-state index contributed by atoms with van der Waals surface area (Å²) >= 11 is 0. The summed E-state index contributed by atoms with van der Waals surface area (Å²) in [6.45, 7) is 9.52. The Hall–Kier alpha value is -1.13. The second kappa shape index (κ2) is 7.76. The van der Waals surface area contributed by atoms with Crippen molar-refractivity contribution in [3.8, 4) is 0 Å². The topological polar surface area (TPSA) is 0 Å². The van der Waals surface area contributed by atoms with Gasteiger partial charge in [0.05, 0.1) is 0 Å². The Bertz CT molecular complexity index is 479. The van der Waals surface area contributed by atoms with E-state index >= 15 is 0 Å². The van der Waals surface area contributed by atoms with Crippen molar-refractivity contribution < 1.29 is 0 Å². The van der Waals surface area contributed by atoms with Gasteiger partial charge in [0, 0.05) is 0 Å². The average Bonchev–Trinajstić information content (AvgIpc) is 2.53. The predicted octanol–water partition coefficient (Wildman–Crippen LogP) is 5.19. The monoisotopic (exact) mass is 298 g/mol. The molecule has 0 radical (unpaired) electrons. The highest BCUT2D eigenvalue weighted by Crippen LogP contribution is 2.47. The van der Waals surface area contributed by atoms with Crippen LogP contribution >= 0.6 is 7.92 Å². The Morgan fingerprint density at radius 3 is 1.52 bits per heavy atom. The maximum absolute atomic E-state index is 2.42. The molecule has 0 saturated carbocycles. The van der Waals surface area contributed by atoms with Gasteiger partial charge in [0.2, 0.25) is 0 Å². The SMILES string of the molecule is CCC(C)C(C(C)C)P(c1ccccc1)c1ccccc1. The van der Waals surface area contributed by atoms with E-state index in [0.717, 1.165) is 11.6 Å². The van der Waals surface area contributed by atoms with Crippen LogP contribution in [0.15, 0.2) is 60.7 Å². The highest BCUT2D eigenvalue weighted by molar-refractivity contribution is 7.73. The van der Waals surface area contributed by atoms with Gasteiger partial charge in [-0.3, -0.25) is 0 Å². The Labute approximate surface area is 131 Å². The fraction of sp³-hybridized carbons (Fsp3) is 0.400. The van der Waals surface area contributed by atoms with Crippen molar-refractivity contribution in [3.63, 3.8) is 0 Å². The summed E-state index contributed by atoms with van der Waals surface area (Å²) in [4.78, 5) is 0. The molecule has 2 rings (SSSR count). The van der Waals surface area contributed by atoms with Gasteiger partial charge in [-0.1, -0.05) is 94.8 Å². The van der Waals surface area contributed by atoms with Gasteiger partial charge in [0.15, 0.2) is 0 Å². The summed E-state index contributed by atoms with van der Waals surface area (Å²) in [5.74, 6) is 1.45. The van der Waals surface area contributed by atoms with E-state index in [-0.39, 0.29) is 7.92 Å². The lowest BCUT2D eigenvalue weighted by Crippen LogP contribution is -2.30. The number of benzene rings is 2. The first-order valence-corrected chi connectivity index (χ1v) is 9.45. The molecule has 1 heteroatoms. The molecule has 0 spiro atoms.